The second-order valence-electron chi connectivity index (χ2n) is 7.51. The summed E-state index contributed by atoms with van der Waals surface area (Å²) in [6, 6.07) is 3.23. The number of carbonyl (C=O) groups excluding carboxylic acids is 2. The third kappa shape index (κ3) is 4.75. The zero-order chi connectivity index (χ0) is 26.0. The zero-order valence-corrected chi connectivity index (χ0v) is 19.7. The Balaban J connectivity index is 1.73. The van der Waals surface area contributed by atoms with Crippen LogP contribution in [0.4, 0.5) is 14.5 Å². The van der Waals surface area contributed by atoms with E-state index in [1.54, 1.807) is 6.92 Å². The summed E-state index contributed by atoms with van der Waals surface area (Å²) in [5.74, 6) is -4.64. The molecule has 0 aliphatic rings. The number of esters is 1. The van der Waals surface area contributed by atoms with Crippen LogP contribution in [0.1, 0.15) is 40.0 Å². The molecule has 3 aromatic heterocycles. The Hall–Kier alpha value is -4.33. The van der Waals surface area contributed by atoms with E-state index < -0.39 is 44.7 Å². The number of benzene rings is 1. The van der Waals surface area contributed by atoms with Gasteiger partial charge in [0.15, 0.2) is 11.5 Å². The number of aromatic amines is 1. The number of pyridine rings is 1. The van der Waals surface area contributed by atoms with E-state index in [1.165, 1.54) is 31.8 Å². The van der Waals surface area contributed by atoms with Gasteiger partial charge in [0.05, 0.1) is 23.8 Å². The summed E-state index contributed by atoms with van der Waals surface area (Å²) in [7, 11) is -2.82. The molecule has 4 aromatic rings. The number of methoxy groups -OCH3 is 1. The minimum absolute atomic E-state index is 0.139. The number of rotatable bonds is 8. The van der Waals surface area contributed by atoms with Gasteiger partial charge in [0.1, 0.15) is 17.2 Å². The minimum Gasteiger partial charge on any atom is -0.463 e. The SMILES string of the molecule is CCCS(=O)(=O)Nc1c(F)ccc(C(=O)c2[nH]nc3ncc(-c4cnc(C(=O)OC)nc4)cc23)c1F. The molecule has 0 amide bonds. The lowest BCUT2D eigenvalue weighted by Crippen LogP contribution is -2.19. The highest BCUT2D eigenvalue weighted by atomic mass is 32.2. The average molecular weight is 516 g/mol. The summed E-state index contributed by atoms with van der Waals surface area (Å²) in [4.78, 5) is 36.7. The maximum Gasteiger partial charge on any atom is 0.376 e. The molecule has 14 heteroatoms. The number of nitrogens with zero attached hydrogens (tertiary/aromatic N) is 4. The topological polar surface area (TPSA) is 157 Å². The first-order valence-corrected chi connectivity index (χ1v) is 12.1. The van der Waals surface area contributed by atoms with Gasteiger partial charge in [-0.2, -0.15) is 5.10 Å². The molecule has 186 valence electrons. The van der Waals surface area contributed by atoms with Gasteiger partial charge in [-0.3, -0.25) is 14.6 Å². The van der Waals surface area contributed by atoms with Crippen LogP contribution in [0.3, 0.4) is 0 Å². The fourth-order valence-electron chi connectivity index (χ4n) is 3.34. The van der Waals surface area contributed by atoms with E-state index in [4.69, 9.17) is 0 Å². The van der Waals surface area contributed by atoms with Crippen molar-refractivity contribution in [2.45, 2.75) is 13.3 Å². The Labute approximate surface area is 203 Å². The fraction of sp³-hybridized carbons (Fsp3) is 0.182. The van der Waals surface area contributed by atoms with Gasteiger partial charge in [-0.25, -0.2) is 36.9 Å². The molecular formula is C22H18F2N6O5S. The molecule has 0 atom stereocenters. The Morgan fingerprint density at radius 3 is 2.44 bits per heavy atom. The number of ether oxygens (including phenoxy) is 1. The van der Waals surface area contributed by atoms with Crippen LogP contribution in [0, 0.1) is 11.6 Å². The van der Waals surface area contributed by atoms with Gasteiger partial charge < -0.3 is 4.74 Å². The molecule has 11 nitrogen and oxygen atoms in total. The van der Waals surface area contributed by atoms with E-state index in [-0.39, 0.29) is 34.7 Å². The Bertz CT molecular complexity index is 1590. The molecule has 2 N–H and O–H groups in total. The number of sulfonamides is 1. The number of nitrogens with one attached hydrogen (secondary N) is 2. The van der Waals surface area contributed by atoms with Crippen LogP contribution in [0.2, 0.25) is 0 Å². The van der Waals surface area contributed by atoms with Crippen molar-refractivity contribution in [1.29, 1.82) is 0 Å². The van der Waals surface area contributed by atoms with E-state index in [0.29, 0.717) is 11.1 Å². The number of carbonyl (C=O) groups is 2. The van der Waals surface area contributed by atoms with Crippen LogP contribution in [-0.4, -0.2) is 58.2 Å². The zero-order valence-electron chi connectivity index (χ0n) is 18.9. The van der Waals surface area contributed by atoms with Gasteiger partial charge >= 0.3 is 5.97 Å². The maximum absolute atomic E-state index is 15.1. The summed E-state index contributed by atoms with van der Waals surface area (Å²) >= 11 is 0. The van der Waals surface area contributed by atoms with Gasteiger partial charge in [-0.15, -0.1) is 0 Å². The van der Waals surface area contributed by atoms with Crippen LogP contribution in [0.15, 0.2) is 36.8 Å². The number of aromatic nitrogens is 5. The second-order valence-corrected chi connectivity index (χ2v) is 9.36. The smallest absolute Gasteiger partial charge is 0.376 e. The van der Waals surface area contributed by atoms with Crippen molar-refractivity contribution in [3.05, 3.63) is 65.5 Å². The Morgan fingerprint density at radius 1 is 1.08 bits per heavy atom. The lowest BCUT2D eigenvalue weighted by Gasteiger charge is -2.11. The fourth-order valence-corrected chi connectivity index (χ4v) is 4.47. The van der Waals surface area contributed by atoms with E-state index in [2.05, 4.69) is 29.9 Å². The van der Waals surface area contributed by atoms with Gasteiger partial charge in [-0.1, -0.05) is 6.92 Å². The first-order chi connectivity index (χ1) is 17.1. The average Bonchev–Trinajstić information content (AvgIpc) is 3.29. The first kappa shape index (κ1) is 24.8. The molecule has 0 aliphatic heterocycles. The molecule has 4 rings (SSSR count). The van der Waals surface area contributed by atoms with Crippen molar-refractivity contribution in [2.75, 3.05) is 17.6 Å². The van der Waals surface area contributed by atoms with E-state index >= 15 is 4.39 Å². The number of H-pyrrole nitrogens is 1. The Kier molecular flexibility index (Phi) is 6.70. The van der Waals surface area contributed by atoms with Crippen molar-refractivity contribution in [3.8, 4) is 11.1 Å². The highest BCUT2D eigenvalue weighted by Gasteiger charge is 2.25. The molecule has 0 spiro atoms. The summed E-state index contributed by atoms with van der Waals surface area (Å²) < 4.78 is 59.9. The molecule has 0 saturated carbocycles. The van der Waals surface area contributed by atoms with E-state index in [0.717, 1.165) is 12.1 Å². The number of fused-ring (bicyclic) bond motifs is 1. The summed E-state index contributed by atoms with van der Waals surface area (Å²) in [5, 5.41) is 6.66. The van der Waals surface area contributed by atoms with Crippen molar-refractivity contribution in [3.63, 3.8) is 0 Å². The molecule has 1 aromatic carbocycles. The Morgan fingerprint density at radius 2 is 1.78 bits per heavy atom. The second kappa shape index (κ2) is 9.73. The van der Waals surface area contributed by atoms with Crippen LogP contribution >= 0.6 is 0 Å². The standard InChI is InChI=1S/C22H18F2N6O5S/c1-3-6-36(33,34)30-18-15(23)5-4-13(16(18)24)19(31)17-14-7-11(8-25-20(14)29-28-17)12-9-26-21(27-10-12)22(32)35-2/h4-5,7-10,30H,3,6H2,1-2H3,(H,25,28,29). The van der Waals surface area contributed by atoms with Crippen LogP contribution in [0.25, 0.3) is 22.2 Å². The molecule has 0 radical (unpaired) electrons. The number of hydrogen-bond donors (Lipinski definition) is 2. The predicted octanol–water partition coefficient (Wildman–Crippen LogP) is 2.86. The van der Waals surface area contributed by atoms with Crippen molar-refractivity contribution < 1.29 is 31.5 Å². The summed E-state index contributed by atoms with van der Waals surface area (Å²) in [6.45, 7) is 1.59. The maximum atomic E-state index is 15.1. The normalized spacial score (nSPS) is 11.4. The molecule has 0 bridgehead atoms. The van der Waals surface area contributed by atoms with Crippen LogP contribution in [0.5, 0.6) is 0 Å². The monoisotopic (exact) mass is 516 g/mol. The van der Waals surface area contributed by atoms with E-state index in [1.807, 2.05) is 4.72 Å². The molecule has 0 unspecified atom stereocenters. The number of ketones is 1. The predicted molar refractivity (Wildman–Crippen MR) is 124 cm³/mol. The molecule has 0 fully saturated rings. The third-order valence-corrected chi connectivity index (χ3v) is 6.52. The molecule has 0 aliphatic carbocycles. The summed E-state index contributed by atoms with van der Waals surface area (Å²) in [5.41, 5.74) is -0.619. The van der Waals surface area contributed by atoms with Gasteiger partial charge in [0.25, 0.3) is 0 Å². The van der Waals surface area contributed by atoms with Crippen molar-refractivity contribution >= 4 is 38.5 Å². The van der Waals surface area contributed by atoms with Gasteiger partial charge in [-0.05, 0) is 24.6 Å². The lowest BCUT2D eigenvalue weighted by atomic mass is 10.0. The highest BCUT2D eigenvalue weighted by Crippen LogP contribution is 2.28. The van der Waals surface area contributed by atoms with Crippen LogP contribution in [-0.2, 0) is 14.8 Å². The molecule has 0 saturated heterocycles. The number of anilines is 1. The van der Waals surface area contributed by atoms with E-state index in [9.17, 15) is 22.4 Å². The van der Waals surface area contributed by atoms with Crippen molar-refractivity contribution in [1.82, 2.24) is 25.1 Å². The highest BCUT2D eigenvalue weighted by molar-refractivity contribution is 7.92. The molecule has 3 heterocycles. The van der Waals surface area contributed by atoms with Crippen molar-refractivity contribution in [2.24, 2.45) is 0 Å². The molecular weight excluding hydrogens is 498 g/mol. The molecule has 36 heavy (non-hydrogen) atoms. The first-order valence-electron chi connectivity index (χ1n) is 10.4. The van der Waals surface area contributed by atoms with Gasteiger partial charge in [0.2, 0.25) is 21.6 Å². The minimum atomic E-state index is -4.02. The van der Waals surface area contributed by atoms with Crippen LogP contribution < -0.4 is 4.72 Å². The number of hydrogen-bond acceptors (Lipinski definition) is 9. The third-order valence-electron chi connectivity index (χ3n) is 5.06. The largest absolute Gasteiger partial charge is 0.463 e. The van der Waals surface area contributed by atoms with Gasteiger partial charge in [0, 0.05) is 29.7 Å². The summed E-state index contributed by atoms with van der Waals surface area (Å²) in [6.07, 6.45) is 4.38. The lowest BCUT2D eigenvalue weighted by molar-refractivity contribution is 0.0586. The quantitative estimate of drug-likeness (QED) is 0.265. The number of halogens is 2.